The molecule has 3 aromatic heterocycles. The maximum atomic E-state index is 13.0. The Kier molecular flexibility index (Phi) is 5.55. The van der Waals surface area contributed by atoms with Crippen molar-refractivity contribution in [2.24, 2.45) is 0 Å². The van der Waals surface area contributed by atoms with Crippen LogP contribution in [0.5, 0.6) is 0 Å². The van der Waals surface area contributed by atoms with E-state index < -0.39 is 21.9 Å². The van der Waals surface area contributed by atoms with Gasteiger partial charge in [-0.15, -0.1) is 0 Å². The molecule has 0 bridgehead atoms. The summed E-state index contributed by atoms with van der Waals surface area (Å²) in [5.74, 6) is -0.323. The Morgan fingerprint density at radius 2 is 1.97 bits per heavy atom. The number of rotatable bonds is 7. The molecule has 3 heterocycles. The number of fused-ring (bicyclic) bond motifs is 1. The zero-order chi connectivity index (χ0) is 21.1. The van der Waals surface area contributed by atoms with Crippen molar-refractivity contribution in [1.29, 1.82) is 0 Å². The summed E-state index contributed by atoms with van der Waals surface area (Å²) in [6.07, 6.45) is 3.39. The van der Waals surface area contributed by atoms with Crippen molar-refractivity contribution in [1.82, 2.24) is 24.6 Å². The molecule has 1 aromatic carbocycles. The van der Waals surface area contributed by atoms with E-state index >= 15 is 0 Å². The van der Waals surface area contributed by atoms with Crippen LogP contribution in [0.3, 0.4) is 0 Å². The van der Waals surface area contributed by atoms with Crippen molar-refractivity contribution in [2.75, 3.05) is 12.0 Å². The number of hydrogen-bond acceptors (Lipinski definition) is 8. The van der Waals surface area contributed by atoms with E-state index in [0.29, 0.717) is 16.4 Å². The Morgan fingerprint density at radius 1 is 1.20 bits per heavy atom. The molecule has 1 atom stereocenters. The number of pyridine rings is 1. The minimum absolute atomic E-state index is 0.0541. The SMILES string of the molecule is CS(=O)(=O)c1nc(C(=O)O[C@@H](CSc2ncn[nH]2)c2ccccc2)c2ccccn12. The third kappa shape index (κ3) is 4.21. The standard InChI is InChI=1S/C19H17N5O4S2/c1-30(26,27)19-22-16(14-9-5-6-10-24(14)19)17(25)28-15(13-7-3-2-4-8-13)11-29-18-20-12-21-23-18/h2-10,12,15H,11H2,1H3,(H,20,21,23)/t15-/m0/s1. The summed E-state index contributed by atoms with van der Waals surface area (Å²) >= 11 is 1.35. The molecule has 4 rings (SSSR count). The van der Waals surface area contributed by atoms with Crippen LogP contribution in [0.1, 0.15) is 22.2 Å². The number of nitrogens with one attached hydrogen (secondary N) is 1. The number of esters is 1. The largest absolute Gasteiger partial charge is 0.452 e. The Labute approximate surface area is 176 Å². The molecular weight excluding hydrogens is 426 g/mol. The summed E-state index contributed by atoms with van der Waals surface area (Å²) in [7, 11) is -3.64. The average Bonchev–Trinajstić information content (AvgIpc) is 3.39. The number of ether oxygens (including phenoxy) is 1. The molecule has 0 saturated carbocycles. The van der Waals surface area contributed by atoms with Gasteiger partial charge in [0.15, 0.2) is 10.9 Å². The maximum absolute atomic E-state index is 13.0. The van der Waals surface area contributed by atoms with Crippen LogP contribution in [0.25, 0.3) is 5.52 Å². The summed E-state index contributed by atoms with van der Waals surface area (Å²) in [4.78, 5) is 21.2. The fourth-order valence-electron chi connectivity index (χ4n) is 2.89. The van der Waals surface area contributed by atoms with Gasteiger partial charge in [0, 0.05) is 18.2 Å². The number of aromatic amines is 1. The molecule has 0 spiro atoms. The lowest BCUT2D eigenvalue weighted by atomic mass is 10.1. The molecule has 0 aliphatic rings. The predicted molar refractivity (Wildman–Crippen MR) is 110 cm³/mol. The molecule has 0 aliphatic heterocycles. The minimum atomic E-state index is -3.64. The van der Waals surface area contributed by atoms with Gasteiger partial charge >= 0.3 is 5.97 Å². The highest BCUT2D eigenvalue weighted by Gasteiger charge is 2.26. The highest BCUT2D eigenvalue weighted by Crippen LogP contribution is 2.27. The number of sulfone groups is 1. The fraction of sp³-hybridized carbons (Fsp3) is 0.158. The third-order valence-electron chi connectivity index (χ3n) is 4.23. The summed E-state index contributed by atoms with van der Waals surface area (Å²) in [6.45, 7) is 0. The van der Waals surface area contributed by atoms with Crippen LogP contribution in [0, 0.1) is 0 Å². The lowest BCUT2D eigenvalue weighted by Gasteiger charge is -2.17. The Morgan fingerprint density at radius 3 is 2.67 bits per heavy atom. The van der Waals surface area contributed by atoms with E-state index in [0.717, 1.165) is 11.8 Å². The normalized spacial score (nSPS) is 12.7. The van der Waals surface area contributed by atoms with Gasteiger partial charge in [-0.1, -0.05) is 48.2 Å². The minimum Gasteiger partial charge on any atom is -0.452 e. The van der Waals surface area contributed by atoms with Crippen LogP contribution in [0.15, 0.2) is 71.4 Å². The molecule has 0 aliphatic carbocycles. The van der Waals surface area contributed by atoms with Crippen molar-refractivity contribution >= 4 is 33.1 Å². The highest BCUT2D eigenvalue weighted by molar-refractivity contribution is 7.99. The van der Waals surface area contributed by atoms with Gasteiger partial charge in [0.2, 0.25) is 15.0 Å². The molecule has 30 heavy (non-hydrogen) atoms. The first-order valence-electron chi connectivity index (χ1n) is 8.84. The van der Waals surface area contributed by atoms with Gasteiger partial charge in [-0.05, 0) is 17.7 Å². The number of thioether (sulfide) groups is 1. The summed E-state index contributed by atoms with van der Waals surface area (Å²) in [5.41, 5.74) is 1.10. The molecular formula is C19H17N5O4S2. The van der Waals surface area contributed by atoms with E-state index in [-0.39, 0.29) is 10.9 Å². The van der Waals surface area contributed by atoms with E-state index in [4.69, 9.17) is 4.74 Å². The zero-order valence-corrected chi connectivity index (χ0v) is 17.4. The van der Waals surface area contributed by atoms with Crippen LogP contribution >= 0.6 is 11.8 Å². The van der Waals surface area contributed by atoms with Gasteiger partial charge in [-0.3, -0.25) is 9.50 Å². The van der Waals surface area contributed by atoms with Crippen LogP contribution in [0.2, 0.25) is 0 Å². The Hall–Kier alpha value is -3.18. The smallest absolute Gasteiger partial charge is 0.359 e. The number of H-pyrrole nitrogens is 1. The second-order valence-electron chi connectivity index (χ2n) is 6.38. The first kappa shape index (κ1) is 20.1. The first-order chi connectivity index (χ1) is 14.4. The maximum Gasteiger partial charge on any atom is 0.359 e. The molecule has 1 N–H and O–H groups in total. The van der Waals surface area contributed by atoms with Crippen molar-refractivity contribution in [3.63, 3.8) is 0 Å². The average molecular weight is 444 g/mol. The lowest BCUT2D eigenvalue weighted by molar-refractivity contribution is 0.0343. The van der Waals surface area contributed by atoms with E-state index in [1.165, 1.54) is 22.5 Å². The predicted octanol–water partition coefficient (Wildman–Crippen LogP) is 2.55. The number of carbonyl (C=O) groups excluding carboxylic acids is 1. The van der Waals surface area contributed by atoms with Crippen molar-refractivity contribution in [3.8, 4) is 0 Å². The van der Waals surface area contributed by atoms with Crippen molar-refractivity contribution < 1.29 is 17.9 Å². The molecule has 0 fully saturated rings. The molecule has 4 aromatic rings. The molecule has 154 valence electrons. The molecule has 0 amide bonds. The summed E-state index contributed by atoms with van der Waals surface area (Å²) in [6, 6.07) is 14.3. The highest BCUT2D eigenvalue weighted by atomic mass is 32.2. The van der Waals surface area contributed by atoms with Crippen LogP contribution < -0.4 is 0 Å². The van der Waals surface area contributed by atoms with Crippen LogP contribution in [-0.4, -0.2) is 51.0 Å². The van der Waals surface area contributed by atoms with Crippen molar-refractivity contribution in [2.45, 2.75) is 16.4 Å². The van der Waals surface area contributed by atoms with Gasteiger partial charge in [-0.25, -0.2) is 23.2 Å². The molecule has 9 nitrogen and oxygen atoms in total. The Bertz CT molecular complexity index is 1270. The van der Waals surface area contributed by atoms with Gasteiger partial charge < -0.3 is 4.74 Å². The topological polar surface area (TPSA) is 119 Å². The summed E-state index contributed by atoms with van der Waals surface area (Å²) < 4.78 is 31.3. The second-order valence-corrected chi connectivity index (χ2v) is 9.30. The van der Waals surface area contributed by atoms with Gasteiger partial charge in [0.05, 0.1) is 5.52 Å². The van der Waals surface area contributed by atoms with E-state index in [1.54, 1.807) is 24.4 Å². The number of nitrogens with zero attached hydrogens (tertiary/aromatic N) is 4. The third-order valence-corrected chi connectivity index (χ3v) is 6.12. The molecule has 0 radical (unpaired) electrons. The van der Waals surface area contributed by atoms with E-state index in [2.05, 4.69) is 20.2 Å². The van der Waals surface area contributed by atoms with E-state index in [9.17, 15) is 13.2 Å². The van der Waals surface area contributed by atoms with E-state index in [1.807, 2.05) is 30.3 Å². The van der Waals surface area contributed by atoms with Crippen LogP contribution in [0.4, 0.5) is 0 Å². The van der Waals surface area contributed by atoms with Crippen molar-refractivity contribution in [3.05, 3.63) is 72.3 Å². The lowest BCUT2D eigenvalue weighted by Crippen LogP contribution is -2.15. The van der Waals surface area contributed by atoms with Gasteiger partial charge in [0.1, 0.15) is 12.4 Å². The number of imidazole rings is 1. The Balaban J connectivity index is 1.66. The number of benzene rings is 1. The number of carbonyl (C=O) groups is 1. The van der Waals surface area contributed by atoms with Crippen LogP contribution in [-0.2, 0) is 14.6 Å². The monoisotopic (exact) mass is 443 g/mol. The molecule has 11 heteroatoms. The van der Waals surface area contributed by atoms with Gasteiger partial charge in [0.25, 0.3) is 0 Å². The fourth-order valence-corrected chi connectivity index (χ4v) is 4.47. The zero-order valence-electron chi connectivity index (χ0n) is 15.8. The molecule has 0 unspecified atom stereocenters. The first-order valence-corrected chi connectivity index (χ1v) is 11.7. The number of aromatic nitrogens is 5. The second kappa shape index (κ2) is 8.28. The quantitative estimate of drug-likeness (QED) is 0.342. The van der Waals surface area contributed by atoms with Gasteiger partial charge in [-0.2, -0.15) is 5.10 Å². The summed E-state index contributed by atoms with van der Waals surface area (Å²) in [5, 5.41) is 6.94. The number of hydrogen-bond donors (Lipinski definition) is 1. The molecule has 0 saturated heterocycles.